The van der Waals surface area contributed by atoms with E-state index in [1.54, 1.807) is 0 Å². The summed E-state index contributed by atoms with van der Waals surface area (Å²) < 4.78 is 5.57. The van der Waals surface area contributed by atoms with Gasteiger partial charge in [0.2, 0.25) is 0 Å². The SMILES string of the molecule is CCCCOCCCNC(C)C1CCN(C)CC1. The molecule has 0 bridgehead atoms. The molecule has 1 heterocycles. The summed E-state index contributed by atoms with van der Waals surface area (Å²) >= 11 is 0. The molecule has 1 unspecified atom stereocenters. The second kappa shape index (κ2) is 9.76. The molecular formula is C15H32N2O. The molecule has 108 valence electrons. The Kier molecular flexibility index (Phi) is 8.64. The van der Waals surface area contributed by atoms with Crippen molar-refractivity contribution >= 4 is 0 Å². The molecule has 0 saturated carbocycles. The molecule has 18 heavy (non-hydrogen) atoms. The topological polar surface area (TPSA) is 24.5 Å². The fourth-order valence-electron chi connectivity index (χ4n) is 2.55. The van der Waals surface area contributed by atoms with Gasteiger partial charge in [-0.3, -0.25) is 0 Å². The normalized spacial score (nSPS) is 20.2. The number of unbranched alkanes of at least 4 members (excludes halogenated alkanes) is 1. The van der Waals surface area contributed by atoms with Crippen LogP contribution < -0.4 is 5.32 Å². The predicted molar refractivity (Wildman–Crippen MR) is 78.0 cm³/mol. The first-order valence-corrected chi connectivity index (χ1v) is 7.73. The van der Waals surface area contributed by atoms with Crippen molar-refractivity contribution in [3.8, 4) is 0 Å². The highest BCUT2D eigenvalue weighted by molar-refractivity contribution is 4.78. The van der Waals surface area contributed by atoms with E-state index in [0.29, 0.717) is 6.04 Å². The molecule has 1 rings (SSSR count). The number of nitrogens with zero attached hydrogens (tertiary/aromatic N) is 1. The number of ether oxygens (including phenoxy) is 1. The van der Waals surface area contributed by atoms with Gasteiger partial charge in [0.05, 0.1) is 0 Å². The quantitative estimate of drug-likeness (QED) is 0.642. The Labute approximate surface area is 113 Å². The zero-order chi connectivity index (χ0) is 13.2. The monoisotopic (exact) mass is 256 g/mol. The van der Waals surface area contributed by atoms with Crippen molar-refractivity contribution in [2.24, 2.45) is 5.92 Å². The Morgan fingerprint density at radius 2 is 1.89 bits per heavy atom. The fraction of sp³-hybridized carbons (Fsp3) is 1.00. The lowest BCUT2D eigenvalue weighted by Crippen LogP contribution is -2.41. The van der Waals surface area contributed by atoms with Gasteiger partial charge in [0, 0.05) is 19.3 Å². The van der Waals surface area contributed by atoms with Crippen molar-refractivity contribution < 1.29 is 4.74 Å². The number of piperidine rings is 1. The summed E-state index contributed by atoms with van der Waals surface area (Å²) in [5, 5.41) is 3.66. The van der Waals surface area contributed by atoms with Crippen LogP contribution >= 0.6 is 0 Å². The van der Waals surface area contributed by atoms with Gasteiger partial charge in [0.1, 0.15) is 0 Å². The van der Waals surface area contributed by atoms with E-state index in [2.05, 4.69) is 31.1 Å². The van der Waals surface area contributed by atoms with E-state index in [9.17, 15) is 0 Å². The lowest BCUT2D eigenvalue weighted by molar-refractivity contribution is 0.126. The second-order valence-electron chi connectivity index (χ2n) is 5.70. The Hall–Kier alpha value is -0.120. The molecule has 1 aliphatic rings. The molecule has 0 spiro atoms. The van der Waals surface area contributed by atoms with Gasteiger partial charge in [-0.25, -0.2) is 0 Å². The maximum Gasteiger partial charge on any atom is 0.0478 e. The molecule has 1 fully saturated rings. The van der Waals surface area contributed by atoms with Crippen molar-refractivity contribution in [2.75, 3.05) is 39.9 Å². The number of hydrogen-bond acceptors (Lipinski definition) is 3. The number of likely N-dealkylation sites (tertiary alicyclic amines) is 1. The molecular weight excluding hydrogens is 224 g/mol. The largest absolute Gasteiger partial charge is 0.381 e. The summed E-state index contributed by atoms with van der Waals surface area (Å²) in [6.45, 7) is 10.0. The lowest BCUT2D eigenvalue weighted by atomic mass is 9.90. The van der Waals surface area contributed by atoms with E-state index in [0.717, 1.165) is 32.1 Å². The van der Waals surface area contributed by atoms with Crippen LogP contribution in [0.25, 0.3) is 0 Å². The first-order valence-electron chi connectivity index (χ1n) is 7.73. The molecule has 0 aromatic rings. The third-order valence-corrected chi connectivity index (χ3v) is 4.04. The second-order valence-corrected chi connectivity index (χ2v) is 5.70. The summed E-state index contributed by atoms with van der Waals surface area (Å²) in [6, 6.07) is 0.661. The molecule has 1 aliphatic heterocycles. The number of nitrogens with one attached hydrogen (secondary N) is 1. The van der Waals surface area contributed by atoms with Crippen molar-refractivity contribution in [2.45, 2.75) is 52.0 Å². The van der Waals surface area contributed by atoms with Crippen LogP contribution in [-0.2, 0) is 4.74 Å². The van der Waals surface area contributed by atoms with Crippen LogP contribution in [0.1, 0.15) is 46.0 Å². The van der Waals surface area contributed by atoms with Crippen molar-refractivity contribution in [3.05, 3.63) is 0 Å². The van der Waals surface area contributed by atoms with Gasteiger partial charge in [-0.05, 0) is 65.2 Å². The molecule has 1 atom stereocenters. The van der Waals surface area contributed by atoms with Crippen molar-refractivity contribution in [1.29, 1.82) is 0 Å². The standard InChI is InChI=1S/C15H32N2O/c1-4-5-12-18-13-6-9-16-14(2)15-7-10-17(3)11-8-15/h14-16H,4-13H2,1-3H3. The van der Waals surface area contributed by atoms with Crippen LogP contribution in [0.3, 0.4) is 0 Å². The van der Waals surface area contributed by atoms with E-state index >= 15 is 0 Å². The van der Waals surface area contributed by atoms with Gasteiger partial charge in [0.25, 0.3) is 0 Å². The van der Waals surface area contributed by atoms with E-state index in [1.165, 1.54) is 38.8 Å². The Bertz CT molecular complexity index is 191. The minimum Gasteiger partial charge on any atom is -0.381 e. The average Bonchev–Trinajstić information content (AvgIpc) is 2.38. The average molecular weight is 256 g/mol. The highest BCUT2D eigenvalue weighted by Crippen LogP contribution is 2.19. The molecule has 0 aromatic heterocycles. The van der Waals surface area contributed by atoms with Crippen LogP contribution in [0, 0.1) is 5.92 Å². The first-order chi connectivity index (χ1) is 8.74. The summed E-state index contributed by atoms with van der Waals surface area (Å²) in [5.41, 5.74) is 0. The van der Waals surface area contributed by atoms with Gasteiger partial charge >= 0.3 is 0 Å². The van der Waals surface area contributed by atoms with E-state index in [1.807, 2.05) is 0 Å². The first kappa shape index (κ1) is 15.9. The smallest absolute Gasteiger partial charge is 0.0478 e. The van der Waals surface area contributed by atoms with Crippen LogP contribution in [0.4, 0.5) is 0 Å². The summed E-state index contributed by atoms with van der Waals surface area (Å²) in [6.07, 6.45) is 6.25. The zero-order valence-electron chi connectivity index (χ0n) is 12.6. The zero-order valence-corrected chi connectivity index (χ0v) is 12.6. The maximum atomic E-state index is 5.57. The van der Waals surface area contributed by atoms with E-state index in [-0.39, 0.29) is 0 Å². The molecule has 0 amide bonds. The van der Waals surface area contributed by atoms with Crippen LogP contribution in [0.5, 0.6) is 0 Å². The minimum absolute atomic E-state index is 0.661. The van der Waals surface area contributed by atoms with Gasteiger partial charge < -0.3 is 15.0 Å². The molecule has 1 N–H and O–H groups in total. The molecule has 3 nitrogen and oxygen atoms in total. The summed E-state index contributed by atoms with van der Waals surface area (Å²) in [4.78, 5) is 2.44. The molecule has 1 saturated heterocycles. The lowest BCUT2D eigenvalue weighted by Gasteiger charge is -2.33. The van der Waals surface area contributed by atoms with Crippen LogP contribution in [-0.4, -0.2) is 50.8 Å². The van der Waals surface area contributed by atoms with Gasteiger partial charge in [-0.2, -0.15) is 0 Å². The molecule has 0 aliphatic carbocycles. The Morgan fingerprint density at radius 3 is 2.56 bits per heavy atom. The predicted octanol–water partition coefficient (Wildman–Crippen LogP) is 2.51. The molecule has 0 radical (unpaired) electrons. The third kappa shape index (κ3) is 6.72. The maximum absolute atomic E-state index is 5.57. The summed E-state index contributed by atoms with van der Waals surface area (Å²) in [7, 11) is 2.22. The van der Waals surface area contributed by atoms with Gasteiger partial charge in [-0.15, -0.1) is 0 Å². The minimum atomic E-state index is 0.661. The molecule has 3 heteroatoms. The highest BCUT2D eigenvalue weighted by atomic mass is 16.5. The number of hydrogen-bond donors (Lipinski definition) is 1. The van der Waals surface area contributed by atoms with Crippen LogP contribution in [0.15, 0.2) is 0 Å². The van der Waals surface area contributed by atoms with Crippen molar-refractivity contribution in [1.82, 2.24) is 10.2 Å². The van der Waals surface area contributed by atoms with E-state index in [4.69, 9.17) is 4.74 Å². The summed E-state index contributed by atoms with van der Waals surface area (Å²) in [5.74, 6) is 0.863. The van der Waals surface area contributed by atoms with E-state index < -0.39 is 0 Å². The third-order valence-electron chi connectivity index (χ3n) is 4.04. The highest BCUT2D eigenvalue weighted by Gasteiger charge is 2.21. The Balaban J connectivity index is 1.95. The molecule has 0 aromatic carbocycles. The Morgan fingerprint density at radius 1 is 1.22 bits per heavy atom. The fourth-order valence-corrected chi connectivity index (χ4v) is 2.55. The van der Waals surface area contributed by atoms with Gasteiger partial charge in [-0.1, -0.05) is 13.3 Å². The van der Waals surface area contributed by atoms with Gasteiger partial charge in [0.15, 0.2) is 0 Å². The van der Waals surface area contributed by atoms with Crippen molar-refractivity contribution in [3.63, 3.8) is 0 Å². The van der Waals surface area contributed by atoms with Crippen LogP contribution in [0.2, 0.25) is 0 Å². The number of rotatable bonds is 9.